The molecule has 1 aliphatic heterocycles. The first-order valence-corrected chi connectivity index (χ1v) is 12.8. The van der Waals surface area contributed by atoms with E-state index in [1.807, 2.05) is 63.2 Å². The number of amides is 1. The van der Waals surface area contributed by atoms with Gasteiger partial charge in [0.1, 0.15) is 11.5 Å². The lowest BCUT2D eigenvalue weighted by Gasteiger charge is -2.28. The van der Waals surface area contributed by atoms with Crippen molar-refractivity contribution in [3.63, 3.8) is 0 Å². The summed E-state index contributed by atoms with van der Waals surface area (Å²) in [5, 5.41) is 11.4. The van der Waals surface area contributed by atoms with E-state index in [1.54, 1.807) is 24.3 Å². The summed E-state index contributed by atoms with van der Waals surface area (Å²) in [6.45, 7) is 12.2. The fourth-order valence-electron chi connectivity index (χ4n) is 4.86. The topological polar surface area (TPSA) is 70.1 Å². The van der Waals surface area contributed by atoms with E-state index in [-0.39, 0.29) is 11.3 Å². The van der Waals surface area contributed by atoms with E-state index < -0.39 is 17.7 Å². The van der Waals surface area contributed by atoms with Crippen LogP contribution in [0.2, 0.25) is 0 Å². The number of aryl methyl sites for hydroxylation is 2. The highest BCUT2D eigenvalue weighted by Gasteiger charge is 2.47. The van der Waals surface area contributed by atoms with E-state index in [4.69, 9.17) is 4.74 Å². The van der Waals surface area contributed by atoms with Crippen LogP contribution in [0.4, 0.5) is 11.4 Å². The molecule has 6 nitrogen and oxygen atoms in total. The monoisotopic (exact) mass is 498 g/mol. The third kappa shape index (κ3) is 4.96. The smallest absolute Gasteiger partial charge is 0.300 e. The number of aliphatic hydroxyl groups is 1. The third-order valence-electron chi connectivity index (χ3n) is 6.84. The number of benzene rings is 3. The van der Waals surface area contributed by atoms with Crippen LogP contribution in [-0.4, -0.2) is 36.5 Å². The molecule has 1 aliphatic rings. The Kier molecular flexibility index (Phi) is 7.67. The zero-order chi connectivity index (χ0) is 26.7. The zero-order valence-corrected chi connectivity index (χ0v) is 22.1. The molecule has 1 unspecified atom stereocenters. The molecule has 0 spiro atoms. The predicted octanol–water partition coefficient (Wildman–Crippen LogP) is 6.17. The Balaban J connectivity index is 1.89. The van der Waals surface area contributed by atoms with Gasteiger partial charge in [0.15, 0.2) is 0 Å². The largest absolute Gasteiger partial charge is 0.507 e. The Morgan fingerprint density at radius 3 is 2.16 bits per heavy atom. The quantitative estimate of drug-likeness (QED) is 0.228. The van der Waals surface area contributed by atoms with E-state index in [0.717, 1.165) is 35.5 Å². The molecule has 1 heterocycles. The van der Waals surface area contributed by atoms with Gasteiger partial charge in [-0.15, -0.1) is 0 Å². The molecule has 1 amide bonds. The average Bonchev–Trinajstić information content (AvgIpc) is 3.17. The number of carbonyl (C=O) groups excluding carboxylic acids is 2. The van der Waals surface area contributed by atoms with Crippen LogP contribution in [0.3, 0.4) is 0 Å². The highest BCUT2D eigenvalue weighted by Crippen LogP contribution is 2.43. The van der Waals surface area contributed by atoms with Gasteiger partial charge < -0.3 is 14.7 Å². The van der Waals surface area contributed by atoms with Crippen molar-refractivity contribution in [1.29, 1.82) is 0 Å². The van der Waals surface area contributed by atoms with E-state index >= 15 is 0 Å². The lowest BCUT2D eigenvalue weighted by Crippen LogP contribution is -2.30. The van der Waals surface area contributed by atoms with E-state index in [2.05, 4.69) is 18.7 Å². The van der Waals surface area contributed by atoms with Crippen molar-refractivity contribution in [3.8, 4) is 5.75 Å². The maximum Gasteiger partial charge on any atom is 0.300 e. The second kappa shape index (κ2) is 10.9. The van der Waals surface area contributed by atoms with Gasteiger partial charge in [0.2, 0.25) is 0 Å². The SMILES string of the molecule is CCOc1ccc(/C(O)=C2\C(=O)C(=O)N(c3cc(C)ccc3C)C2c2ccc(N(CC)CC)cc2)cc1. The minimum absolute atomic E-state index is 0.0747. The van der Waals surface area contributed by atoms with Crippen LogP contribution in [0, 0.1) is 13.8 Å². The normalized spacial score (nSPS) is 16.8. The molecule has 4 rings (SSSR count). The second-order valence-corrected chi connectivity index (χ2v) is 9.18. The Labute approximate surface area is 218 Å². The van der Waals surface area contributed by atoms with Gasteiger partial charge in [-0.3, -0.25) is 14.5 Å². The van der Waals surface area contributed by atoms with Crippen LogP contribution in [0.25, 0.3) is 5.76 Å². The predicted molar refractivity (Wildman–Crippen MR) is 148 cm³/mol. The number of ether oxygens (including phenoxy) is 1. The van der Waals surface area contributed by atoms with Gasteiger partial charge in [-0.05, 0) is 93.8 Å². The van der Waals surface area contributed by atoms with Crippen LogP contribution in [0.1, 0.15) is 49.1 Å². The molecule has 192 valence electrons. The highest BCUT2D eigenvalue weighted by molar-refractivity contribution is 6.51. The molecule has 0 radical (unpaired) electrons. The number of Topliss-reactive ketones (excluding diaryl/α,β-unsaturated/α-hetero) is 1. The number of hydrogen-bond acceptors (Lipinski definition) is 5. The zero-order valence-electron chi connectivity index (χ0n) is 22.1. The highest BCUT2D eigenvalue weighted by atomic mass is 16.5. The molecule has 1 fully saturated rings. The number of ketones is 1. The van der Waals surface area contributed by atoms with Gasteiger partial charge >= 0.3 is 0 Å². The van der Waals surface area contributed by atoms with Crippen LogP contribution >= 0.6 is 0 Å². The van der Waals surface area contributed by atoms with Crippen molar-refractivity contribution in [2.45, 2.75) is 40.7 Å². The summed E-state index contributed by atoms with van der Waals surface area (Å²) in [7, 11) is 0. The van der Waals surface area contributed by atoms with E-state index in [9.17, 15) is 14.7 Å². The molecular weight excluding hydrogens is 464 g/mol. The fraction of sp³-hybridized carbons (Fsp3) is 0.290. The van der Waals surface area contributed by atoms with Gasteiger partial charge in [-0.25, -0.2) is 0 Å². The Morgan fingerprint density at radius 1 is 0.919 bits per heavy atom. The van der Waals surface area contributed by atoms with Crippen LogP contribution in [-0.2, 0) is 9.59 Å². The molecule has 0 aliphatic carbocycles. The second-order valence-electron chi connectivity index (χ2n) is 9.18. The summed E-state index contributed by atoms with van der Waals surface area (Å²) >= 11 is 0. The van der Waals surface area contributed by atoms with Gasteiger partial charge in [-0.1, -0.05) is 24.3 Å². The van der Waals surface area contributed by atoms with E-state index in [1.165, 1.54) is 4.90 Å². The summed E-state index contributed by atoms with van der Waals surface area (Å²) in [5.74, 6) is -0.894. The number of aliphatic hydroxyl groups excluding tert-OH is 1. The van der Waals surface area contributed by atoms with Crippen molar-refractivity contribution in [2.75, 3.05) is 29.5 Å². The van der Waals surface area contributed by atoms with E-state index in [0.29, 0.717) is 23.6 Å². The first-order valence-electron chi connectivity index (χ1n) is 12.8. The standard InChI is InChI=1S/C31H34N2O4/c1-6-32(7-2)24-15-11-22(12-16-24)28-27(29(34)23-13-17-25(18-14-23)37-8-3)30(35)31(36)33(28)26-19-20(4)9-10-21(26)5/h9-19,28,34H,6-8H2,1-5H3/b29-27+. The molecule has 0 aromatic heterocycles. The van der Waals surface area contributed by atoms with Gasteiger partial charge in [-0.2, -0.15) is 0 Å². The first kappa shape index (κ1) is 26.0. The first-order chi connectivity index (χ1) is 17.8. The summed E-state index contributed by atoms with van der Waals surface area (Å²) in [5.41, 5.74) is 4.85. The summed E-state index contributed by atoms with van der Waals surface area (Å²) in [6.07, 6.45) is 0. The fourth-order valence-corrected chi connectivity index (χ4v) is 4.86. The third-order valence-corrected chi connectivity index (χ3v) is 6.84. The van der Waals surface area contributed by atoms with Crippen LogP contribution in [0.5, 0.6) is 5.75 Å². The summed E-state index contributed by atoms with van der Waals surface area (Å²) < 4.78 is 5.51. The molecule has 1 atom stereocenters. The number of rotatable bonds is 8. The molecular formula is C31H34N2O4. The molecule has 6 heteroatoms. The molecule has 3 aromatic rings. The van der Waals surface area contributed by atoms with Gasteiger partial charge in [0.05, 0.1) is 18.2 Å². The van der Waals surface area contributed by atoms with Crippen LogP contribution < -0.4 is 14.5 Å². The Morgan fingerprint density at radius 2 is 1.57 bits per heavy atom. The Bertz CT molecular complexity index is 1320. The lowest BCUT2D eigenvalue weighted by atomic mass is 9.94. The summed E-state index contributed by atoms with van der Waals surface area (Å²) in [4.78, 5) is 30.7. The number of nitrogens with zero attached hydrogens (tertiary/aromatic N) is 2. The van der Waals surface area contributed by atoms with Crippen LogP contribution in [0.15, 0.2) is 72.3 Å². The van der Waals surface area contributed by atoms with Gasteiger partial charge in [0, 0.05) is 30.0 Å². The summed E-state index contributed by atoms with van der Waals surface area (Å²) in [6, 6.07) is 19.8. The molecule has 0 saturated carbocycles. The minimum atomic E-state index is -0.766. The molecule has 0 bridgehead atoms. The number of carbonyl (C=O) groups is 2. The van der Waals surface area contributed by atoms with Gasteiger partial charge in [0.25, 0.3) is 11.7 Å². The maximum absolute atomic E-state index is 13.5. The maximum atomic E-state index is 13.5. The molecule has 3 aromatic carbocycles. The van der Waals surface area contributed by atoms with Crippen molar-refractivity contribution in [1.82, 2.24) is 0 Å². The molecule has 37 heavy (non-hydrogen) atoms. The van der Waals surface area contributed by atoms with Crippen molar-refractivity contribution in [2.24, 2.45) is 0 Å². The Hall–Kier alpha value is -4.06. The number of hydrogen-bond donors (Lipinski definition) is 1. The van der Waals surface area contributed by atoms with Crippen molar-refractivity contribution < 1.29 is 19.4 Å². The van der Waals surface area contributed by atoms with Crippen molar-refractivity contribution >= 4 is 28.8 Å². The number of anilines is 2. The van der Waals surface area contributed by atoms with Crippen molar-refractivity contribution in [3.05, 3.63) is 94.6 Å². The minimum Gasteiger partial charge on any atom is -0.507 e. The molecule has 1 saturated heterocycles. The average molecular weight is 499 g/mol. The molecule has 1 N–H and O–H groups in total. The lowest BCUT2D eigenvalue weighted by molar-refractivity contribution is -0.132.